The normalized spacial score (nSPS) is 13.5. The molecule has 0 bridgehead atoms. The zero-order valence-electron chi connectivity index (χ0n) is 22.4. The van der Waals surface area contributed by atoms with Gasteiger partial charge in [-0.2, -0.15) is 6.20 Å². The van der Waals surface area contributed by atoms with Crippen LogP contribution in [0.15, 0.2) is 42.9 Å². The number of aromatic nitrogens is 1. The first-order valence-corrected chi connectivity index (χ1v) is 24.8. The molecule has 2 heterocycles. The summed E-state index contributed by atoms with van der Waals surface area (Å²) in [7, 11) is -4.42. The van der Waals surface area contributed by atoms with Gasteiger partial charge < -0.3 is 14.6 Å². The van der Waals surface area contributed by atoms with Gasteiger partial charge in [0.2, 0.25) is 0 Å². The zero-order valence-corrected chi connectivity index (χ0v) is 27.8. The van der Waals surface area contributed by atoms with Crippen molar-refractivity contribution in [3.05, 3.63) is 57.5 Å². The predicted molar refractivity (Wildman–Crippen MR) is 151 cm³/mol. The Labute approximate surface area is 211 Å². The van der Waals surface area contributed by atoms with E-state index in [0.717, 1.165) is 6.54 Å². The van der Waals surface area contributed by atoms with Crippen LogP contribution in [-0.2, 0) is 18.6 Å². The number of rotatable bonds is 4. The van der Waals surface area contributed by atoms with Crippen molar-refractivity contribution in [3.63, 3.8) is 0 Å². The van der Waals surface area contributed by atoms with E-state index < -0.39 is 32.9 Å². The number of allylic oxidation sites excluding steroid dienone is 1. The van der Waals surface area contributed by atoms with Crippen molar-refractivity contribution in [2.45, 2.75) is 91.4 Å². The van der Waals surface area contributed by atoms with Gasteiger partial charge in [-0.05, 0) is 18.6 Å². The third-order valence-corrected chi connectivity index (χ3v) is 13.5. The first kappa shape index (κ1) is 35.6. The minimum absolute atomic E-state index is 0. The van der Waals surface area contributed by atoms with Crippen LogP contribution in [0.4, 0.5) is 0 Å². The fraction of sp³-hybridized carbons (Fsp3) is 0.682. The van der Waals surface area contributed by atoms with E-state index in [4.69, 9.17) is 9.30 Å². The molecule has 2 rings (SSSR count). The van der Waals surface area contributed by atoms with Gasteiger partial charge in [-0.25, -0.2) is 0 Å². The summed E-state index contributed by atoms with van der Waals surface area (Å²) in [5, 5.41) is 4.00. The standard InChI is InChI=1S/2C6H18NSi2.C5H8N.C5H5N.V/c2*1-8(2,3)7-9(4,5)6;2*1-2-4-6-5-3-1;/h2*1-6H3;2,4H,1,3,5H2;1-5H;/q3*-1;;. The summed E-state index contributed by atoms with van der Waals surface area (Å²) in [6, 6.07) is 5.72. The predicted octanol–water partition coefficient (Wildman–Crippen LogP) is 8.81. The molecule has 0 saturated heterocycles. The molecule has 0 N–H and O–H groups in total. The molecule has 0 spiro atoms. The molecule has 31 heavy (non-hydrogen) atoms. The molecular formula is C22H49N4Si4V-3. The summed E-state index contributed by atoms with van der Waals surface area (Å²) in [6.45, 7) is 28.6. The van der Waals surface area contributed by atoms with Crippen molar-refractivity contribution in [3.8, 4) is 0 Å². The van der Waals surface area contributed by atoms with Crippen molar-refractivity contribution >= 4 is 32.9 Å². The van der Waals surface area contributed by atoms with Crippen molar-refractivity contribution in [1.82, 2.24) is 4.98 Å². The van der Waals surface area contributed by atoms with E-state index in [2.05, 4.69) is 94.9 Å². The van der Waals surface area contributed by atoms with E-state index in [1.54, 1.807) is 12.4 Å². The summed E-state index contributed by atoms with van der Waals surface area (Å²) < 4.78 is 9.64. The van der Waals surface area contributed by atoms with Crippen LogP contribution in [0.25, 0.3) is 14.6 Å². The summed E-state index contributed by atoms with van der Waals surface area (Å²) in [4.78, 5) is 3.78. The van der Waals surface area contributed by atoms with Crippen LogP contribution < -0.4 is 0 Å². The van der Waals surface area contributed by atoms with Gasteiger partial charge in [-0.3, -0.25) is 4.98 Å². The summed E-state index contributed by atoms with van der Waals surface area (Å²) >= 11 is 0. The summed E-state index contributed by atoms with van der Waals surface area (Å²) in [5.74, 6) is 0. The molecule has 1 aliphatic rings. The van der Waals surface area contributed by atoms with Crippen LogP contribution >= 0.6 is 0 Å². The largest absolute Gasteiger partial charge is 0.691 e. The Balaban J connectivity index is -0.000000338. The van der Waals surface area contributed by atoms with Gasteiger partial charge in [0.25, 0.3) is 0 Å². The summed E-state index contributed by atoms with van der Waals surface area (Å²) in [5.41, 5.74) is 0. The molecule has 0 amide bonds. The maximum atomic E-state index is 4.82. The minimum Gasteiger partial charge on any atom is -0.691 e. The van der Waals surface area contributed by atoms with Crippen LogP contribution in [0.3, 0.4) is 0 Å². The number of hydrogen-bond donors (Lipinski definition) is 0. The van der Waals surface area contributed by atoms with Gasteiger partial charge in [0.05, 0.1) is 0 Å². The van der Waals surface area contributed by atoms with Gasteiger partial charge in [-0.1, -0.05) is 124 Å². The second-order valence-electron chi connectivity index (χ2n) is 11.4. The number of nitrogens with zero attached hydrogens (tertiary/aromatic N) is 4. The first-order valence-electron chi connectivity index (χ1n) is 11.1. The number of hydrogen-bond acceptors (Lipinski definition) is 1. The fourth-order valence-electron chi connectivity index (χ4n) is 2.85. The van der Waals surface area contributed by atoms with Gasteiger partial charge in [0.1, 0.15) is 0 Å². The van der Waals surface area contributed by atoms with Crippen molar-refractivity contribution < 1.29 is 18.6 Å². The number of pyridine rings is 1. The Kier molecular flexibility index (Phi) is 20.2. The third kappa shape index (κ3) is 40.9. The molecule has 4 nitrogen and oxygen atoms in total. The second-order valence-corrected chi connectivity index (χ2v) is 30.5. The average molecular weight is 533 g/mol. The first-order chi connectivity index (χ1) is 13.4. The second kappa shape index (κ2) is 17.5. The van der Waals surface area contributed by atoms with E-state index in [1.807, 2.05) is 24.4 Å². The van der Waals surface area contributed by atoms with E-state index in [-0.39, 0.29) is 18.6 Å². The SMILES string of the molecule is C1=C[N-]CCC1.C[Si](C)(C)[N-][Si](C)(C)C.C[Si](C)(C)[N-][Si](C)(C)C.[V].c1ccncc1. The molecule has 181 valence electrons. The van der Waals surface area contributed by atoms with Gasteiger partial charge in [-0.15, -0.1) is 12.6 Å². The maximum Gasteiger partial charge on any atom is 0.0267 e. The van der Waals surface area contributed by atoms with Crippen LogP contribution in [0, 0.1) is 0 Å². The van der Waals surface area contributed by atoms with E-state index >= 15 is 0 Å². The molecule has 1 aromatic rings. The Morgan fingerprint density at radius 2 is 1.03 bits per heavy atom. The van der Waals surface area contributed by atoms with Crippen molar-refractivity contribution in [2.24, 2.45) is 0 Å². The van der Waals surface area contributed by atoms with E-state index in [1.165, 1.54) is 12.8 Å². The molecule has 0 aromatic carbocycles. The molecule has 0 atom stereocenters. The Morgan fingerprint density at radius 3 is 1.10 bits per heavy atom. The fourth-order valence-corrected chi connectivity index (χ4v) is 18.9. The van der Waals surface area contributed by atoms with Crippen LogP contribution in [-0.4, -0.2) is 44.5 Å². The van der Waals surface area contributed by atoms with Crippen LogP contribution in [0.1, 0.15) is 12.8 Å². The molecule has 1 radical (unpaired) electrons. The maximum absolute atomic E-state index is 4.82. The van der Waals surface area contributed by atoms with Gasteiger partial charge in [0, 0.05) is 30.9 Å². The molecule has 0 aliphatic carbocycles. The quantitative estimate of drug-likeness (QED) is 0.357. The average Bonchev–Trinajstić information content (AvgIpc) is 2.53. The molecule has 0 unspecified atom stereocenters. The molecule has 1 aromatic heterocycles. The molecule has 0 saturated carbocycles. The Morgan fingerprint density at radius 1 is 0.645 bits per heavy atom. The molecule has 0 fully saturated rings. The van der Waals surface area contributed by atoms with Crippen molar-refractivity contribution in [1.29, 1.82) is 0 Å². The minimum atomic E-state index is -1.11. The molecular weight excluding hydrogens is 484 g/mol. The van der Waals surface area contributed by atoms with E-state index in [0.29, 0.717) is 0 Å². The Hall–Kier alpha value is 0.0619. The van der Waals surface area contributed by atoms with Crippen LogP contribution in [0.5, 0.6) is 0 Å². The van der Waals surface area contributed by atoms with Gasteiger partial charge in [0.15, 0.2) is 0 Å². The molecule has 9 heteroatoms. The topological polar surface area (TPSA) is 55.2 Å². The Bertz CT molecular complexity index is 461. The molecule has 1 aliphatic heterocycles. The van der Waals surface area contributed by atoms with Gasteiger partial charge >= 0.3 is 0 Å². The van der Waals surface area contributed by atoms with Crippen LogP contribution in [0.2, 0.25) is 78.6 Å². The third-order valence-electron chi connectivity index (χ3n) is 2.78. The van der Waals surface area contributed by atoms with E-state index in [9.17, 15) is 0 Å². The monoisotopic (exact) mass is 532 g/mol. The van der Waals surface area contributed by atoms with Crippen molar-refractivity contribution in [2.75, 3.05) is 6.54 Å². The smallest absolute Gasteiger partial charge is 0.0267 e. The zero-order chi connectivity index (χ0) is 23.9. The summed E-state index contributed by atoms with van der Waals surface area (Å²) in [6.07, 6.45) is 9.97.